The summed E-state index contributed by atoms with van der Waals surface area (Å²) in [5, 5.41) is 0. The van der Waals surface area contributed by atoms with E-state index in [1.165, 1.54) is 0 Å². The van der Waals surface area contributed by atoms with E-state index in [1.54, 1.807) is 36.0 Å². The number of hydrogen-bond donors (Lipinski definition) is 1. The van der Waals surface area contributed by atoms with Crippen molar-refractivity contribution >= 4 is 21.8 Å². The Hall–Kier alpha value is -1.50. The van der Waals surface area contributed by atoms with E-state index < -0.39 is 10.0 Å². The van der Waals surface area contributed by atoms with Crippen LogP contribution < -0.4 is 9.46 Å². The minimum absolute atomic E-state index is 0.197. The maximum atomic E-state index is 12.3. The molecule has 0 heterocycles. The first-order valence-corrected chi connectivity index (χ1v) is 9.62. The van der Waals surface area contributed by atoms with Gasteiger partial charge in [0.15, 0.2) is 0 Å². The maximum Gasteiger partial charge on any atom is 0.240 e. The molecule has 0 saturated heterocycles. The van der Waals surface area contributed by atoms with Crippen LogP contribution in [0, 0.1) is 0 Å². The number of para-hydroxylation sites is 1. The maximum absolute atomic E-state index is 12.3. The highest BCUT2D eigenvalue weighted by molar-refractivity contribution is 7.98. The van der Waals surface area contributed by atoms with E-state index in [4.69, 9.17) is 4.74 Å². The van der Waals surface area contributed by atoms with Gasteiger partial charge in [-0.25, -0.2) is 13.1 Å². The number of thioether (sulfide) groups is 1. The molecule has 2 rings (SSSR count). The predicted molar refractivity (Wildman–Crippen MR) is 89.9 cm³/mol. The second-order valence-corrected chi connectivity index (χ2v) is 7.19. The van der Waals surface area contributed by atoms with Gasteiger partial charge in [0.25, 0.3) is 0 Å². The molecular formula is C16H19NO3S2. The molecule has 0 aliphatic heterocycles. The summed E-state index contributed by atoms with van der Waals surface area (Å²) in [5.41, 5.74) is 0.814. The molecule has 6 heteroatoms. The number of hydrogen-bond acceptors (Lipinski definition) is 4. The van der Waals surface area contributed by atoms with Gasteiger partial charge in [-0.3, -0.25) is 0 Å². The Morgan fingerprint density at radius 1 is 1.09 bits per heavy atom. The molecule has 0 aliphatic rings. The topological polar surface area (TPSA) is 55.4 Å². The summed E-state index contributed by atoms with van der Waals surface area (Å²) in [6.07, 6.45) is 1.95. The third-order valence-corrected chi connectivity index (χ3v) is 5.26. The second kappa shape index (κ2) is 7.67. The molecule has 2 aromatic rings. The summed E-state index contributed by atoms with van der Waals surface area (Å²) in [6, 6.07) is 14.2. The standard InChI is InChI=1S/C16H19NO3S2/c1-3-20-16-7-5-4-6-13(16)12-17-22(18,19)15-10-8-14(21-2)9-11-15/h4-11,17H,3,12H2,1-2H3. The molecular weight excluding hydrogens is 318 g/mol. The van der Waals surface area contributed by atoms with Gasteiger partial charge in [0.05, 0.1) is 11.5 Å². The second-order valence-electron chi connectivity index (χ2n) is 4.54. The van der Waals surface area contributed by atoms with Crippen LogP contribution in [-0.2, 0) is 16.6 Å². The largest absolute Gasteiger partial charge is 0.494 e. The van der Waals surface area contributed by atoms with Crippen LogP contribution in [0.1, 0.15) is 12.5 Å². The van der Waals surface area contributed by atoms with Crippen LogP contribution in [0.2, 0.25) is 0 Å². The van der Waals surface area contributed by atoms with E-state index in [0.29, 0.717) is 12.4 Å². The highest BCUT2D eigenvalue weighted by Gasteiger charge is 2.14. The Morgan fingerprint density at radius 3 is 2.41 bits per heavy atom. The van der Waals surface area contributed by atoms with Crippen molar-refractivity contribution in [2.75, 3.05) is 12.9 Å². The van der Waals surface area contributed by atoms with Gasteiger partial charge < -0.3 is 4.74 Å². The van der Waals surface area contributed by atoms with E-state index >= 15 is 0 Å². The lowest BCUT2D eigenvalue weighted by Crippen LogP contribution is -2.23. The molecule has 0 spiro atoms. The Bertz CT molecular complexity index is 712. The molecule has 118 valence electrons. The van der Waals surface area contributed by atoms with Gasteiger partial charge in [0, 0.05) is 17.0 Å². The van der Waals surface area contributed by atoms with Gasteiger partial charge >= 0.3 is 0 Å². The third-order valence-electron chi connectivity index (χ3n) is 3.09. The Morgan fingerprint density at radius 2 is 1.77 bits per heavy atom. The predicted octanol–water partition coefficient (Wildman–Crippen LogP) is 3.29. The van der Waals surface area contributed by atoms with Crippen LogP contribution in [0.25, 0.3) is 0 Å². The first kappa shape index (κ1) is 16.9. The molecule has 0 radical (unpaired) electrons. The number of rotatable bonds is 7. The minimum Gasteiger partial charge on any atom is -0.494 e. The van der Waals surface area contributed by atoms with Crippen molar-refractivity contribution in [3.63, 3.8) is 0 Å². The summed E-state index contributed by atoms with van der Waals surface area (Å²) < 4.78 is 32.7. The van der Waals surface area contributed by atoms with Crippen molar-refractivity contribution < 1.29 is 13.2 Å². The van der Waals surface area contributed by atoms with Crippen LogP contribution in [0.3, 0.4) is 0 Å². The first-order valence-electron chi connectivity index (χ1n) is 6.91. The third kappa shape index (κ3) is 4.25. The average Bonchev–Trinajstić information content (AvgIpc) is 2.54. The Kier molecular flexibility index (Phi) is 5.88. The first-order chi connectivity index (χ1) is 10.6. The van der Waals surface area contributed by atoms with Crippen molar-refractivity contribution in [3.8, 4) is 5.75 Å². The SMILES string of the molecule is CCOc1ccccc1CNS(=O)(=O)c1ccc(SC)cc1. The van der Waals surface area contributed by atoms with Crippen LogP contribution in [-0.4, -0.2) is 21.3 Å². The highest BCUT2D eigenvalue weighted by atomic mass is 32.2. The molecule has 0 atom stereocenters. The molecule has 0 bridgehead atoms. The number of nitrogens with one attached hydrogen (secondary N) is 1. The molecule has 2 aromatic carbocycles. The quantitative estimate of drug-likeness (QED) is 0.788. The molecule has 22 heavy (non-hydrogen) atoms. The molecule has 0 aromatic heterocycles. The lowest BCUT2D eigenvalue weighted by Gasteiger charge is -2.11. The molecule has 0 aliphatic carbocycles. The summed E-state index contributed by atoms with van der Waals surface area (Å²) in [4.78, 5) is 1.29. The van der Waals surface area contributed by atoms with E-state index in [1.807, 2.05) is 37.4 Å². The van der Waals surface area contributed by atoms with E-state index in [0.717, 1.165) is 10.5 Å². The molecule has 1 N–H and O–H groups in total. The van der Waals surface area contributed by atoms with E-state index in [-0.39, 0.29) is 11.4 Å². The van der Waals surface area contributed by atoms with Gasteiger partial charge in [-0.05, 0) is 43.5 Å². The van der Waals surface area contributed by atoms with Gasteiger partial charge in [0.1, 0.15) is 5.75 Å². The smallest absolute Gasteiger partial charge is 0.240 e. The van der Waals surface area contributed by atoms with Gasteiger partial charge in [0.2, 0.25) is 10.0 Å². The van der Waals surface area contributed by atoms with Crippen LogP contribution in [0.4, 0.5) is 0 Å². The molecule has 0 unspecified atom stereocenters. The van der Waals surface area contributed by atoms with Crippen molar-refractivity contribution in [3.05, 3.63) is 54.1 Å². The Labute approximate surface area is 135 Å². The summed E-state index contributed by atoms with van der Waals surface area (Å²) in [5.74, 6) is 0.699. The zero-order valence-corrected chi connectivity index (χ0v) is 14.2. The fourth-order valence-electron chi connectivity index (χ4n) is 1.96. The summed E-state index contributed by atoms with van der Waals surface area (Å²) in [7, 11) is -3.53. The van der Waals surface area contributed by atoms with Crippen molar-refractivity contribution in [2.45, 2.75) is 23.3 Å². The summed E-state index contributed by atoms with van der Waals surface area (Å²) in [6.45, 7) is 2.64. The van der Waals surface area contributed by atoms with Crippen molar-refractivity contribution in [2.24, 2.45) is 0 Å². The Balaban J connectivity index is 2.12. The highest BCUT2D eigenvalue weighted by Crippen LogP contribution is 2.20. The monoisotopic (exact) mass is 337 g/mol. The van der Waals surface area contributed by atoms with Crippen LogP contribution >= 0.6 is 11.8 Å². The van der Waals surface area contributed by atoms with Crippen LogP contribution in [0.5, 0.6) is 5.75 Å². The molecule has 4 nitrogen and oxygen atoms in total. The zero-order chi connectivity index (χ0) is 16.0. The van der Waals surface area contributed by atoms with Crippen LogP contribution in [0.15, 0.2) is 58.3 Å². The average molecular weight is 337 g/mol. The van der Waals surface area contributed by atoms with Gasteiger partial charge in [-0.15, -0.1) is 11.8 Å². The van der Waals surface area contributed by atoms with Crippen molar-refractivity contribution in [1.29, 1.82) is 0 Å². The van der Waals surface area contributed by atoms with Gasteiger partial charge in [-0.1, -0.05) is 18.2 Å². The van der Waals surface area contributed by atoms with E-state index in [9.17, 15) is 8.42 Å². The number of sulfonamides is 1. The van der Waals surface area contributed by atoms with Crippen molar-refractivity contribution in [1.82, 2.24) is 4.72 Å². The van der Waals surface area contributed by atoms with Gasteiger partial charge in [-0.2, -0.15) is 0 Å². The van der Waals surface area contributed by atoms with E-state index in [2.05, 4.69) is 4.72 Å². The lowest BCUT2D eigenvalue weighted by molar-refractivity contribution is 0.336. The number of benzene rings is 2. The molecule has 0 fully saturated rings. The molecule has 0 amide bonds. The fraction of sp³-hybridized carbons (Fsp3) is 0.250. The lowest BCUT2D eigenvalue weighted by atomic mass is 10.2. The fourth-order valence-corrected chi connectivity index (χ4v) is 3.37. The summed E-state index contributed by atoms with van der Waals surface area (Å²) >= 11 is 1.57. The minimum atomic E-state index is -3.53. The number of ether oxygens (including phenoxy) is 1. The zero-order valence-electron chi connectivity index (χ0n) is 12.6. The molecule has 0 saturated carbocycles. The normalized spacial score (nSPS) is 11.4.